The number of ether oxygens (including phenoxy) is 1. The standard InChI is InChI=1S/C26H28FN3O6/c1-2-35-15-4-14-28(26(32)21-8-12-23(13-9-21)30(33)34)19-25(31)29(18-24-5-3-16-36-24)17-20-6-10-22(27)11-7-20/h3,5-13,16H,2,4,14-15,17-19H2,1H3. The van der Waals surface area contributed by atoms with Gasteiger partial charge in [-0.15, -0.1) is 0 Å². The van der Waals surface area contributed by atoms with Crippen LogP contribution in [0.1, 0.15) is 35.0 Å². The second kappa shape index (κ2) is 13.1. The van der Waals surface area contributed by atoms with Gasteiger partial charge in [-0.3, -0.25) is 19.7 Å². The van der Waals surface area contributed by atoms with Crippen molar-refractivity contribution < 1.29 is 28.1 Å². The Hall–Kier alpha value is -4.05. The van der Waals surface area contributed by atoms with Gasteiger partial charge < -0.3 is 19.0 Å². The van der Waals surface area contributed by atoms with Crippen molar-refractivity contribution in [1.29, 1.82) is 0 Å². The number of carbonyl (C=O) groups excluding carboxylic acids is 2. The zero-order valence-electron chi connectivity index (χ0n) is 20.0. The van der Waals surface area contributed by atoms with Crippen molar-refractivity contribution in [1.82, 2.24) is 9.80 Å². The lowest BCUT2D eigenvalue weighted by atomic mass is 10.1. The molecule has 2 aromatic carbocycles. The normalized spacial score (nSPS) is 10.7. The largest absolute Gasteiger partial charge is 0.467 e. The van der Waals surface area contributed by atoms with E-state index in [9.17, 15) is 24.1 Å². The Kier molecular flexibility index (Phi) is 9.70. The van der Waals surface area contributed by atoms with Crippen molar-refractivity contribution in [2.45, 2.75) is 26.4 Å². The molecule has 36 heavy (non-hydrogen) atoms. The average molecular weight is 498 g/mol. The molecule has 0 aliphatic heterocycles. The molecule has 0 aliphatic rings. The zero-order chi connectivity index (χ0) is 25.9. The van der Waals surface area contributed by atoms with Crippen molar-refractivity contribution in [2.75, 3.05) is 26.3 Å². The van der Waals surface area contributed by atoms with E-state index in [-0.39, 0.29) is 49.2 Å². The van der Waals surface area contributed by atoms with Gasteiger partial charge in [0.05, 0.1) is 17.7 Å². The first-order valence-corrected chi connectivity index (χ1v) is 11.5. The predicted molar refractivity (Wildman–Crippen MR) is 129 cm³/mol. The minimum absolute atomic E-state index is 0.130. The van der Waals surface area contributed by atoms with E-state index in [1.165, 1.54) is 52.5 Å². The highest BCUT2D eigenvalue weighted by atomic mass is 19.1. The number of hydrogen-bond acceptors (Lipinski definition) is 6. The molecule has 190 valence electrons. The van der Waals surface area contributed by atoms with Crippen LogP contribution >= 0.6 is 0 Å². The number of nitro benzene ring substituents is 1. The Labute approximate surface area is 208 Å². The van der Waals surface area contributed by atoms with E-state index in [1.807, 2.05) is 6.92 Å². The molecular weight excluding hydrogens is 469 g/mol. The SMILES string of the molecule is CCOCCCN(CC(=O)N(Cc1ccc(F)cc1)Cc1ccco1)C(=O)c1ccc([N+](=O)[O-])cc1. The molecule has 2 amide bonds. The highest BCUT2D eigenvalue weighted by Crippen LogP contribution is 2.16. The number of furan rings is 1. The lowest BCUT2D eigenvalue weighted by molar-refractivity contribution is -0.384. The summed E-state index contributed by atoms with van der Waals surface area (Å²) in [5, 5.41) is 11.0. The summed E-state index contributed by atoms with van der Waals surface area (Å²) < 4.78 is 24.1. The number of nitrogens with zero attached hydrogens (tertiary/aromatic N) is 3. The third-order valence-corrected chi connectivity index (χ3v) is 5.43. The number of nitro groups is 1. The molecule has 1 aromatic heterocycles. The van der Waals surface area contributed by atoms with E-state index in [4.69, 9.17) is 9.15 Å². The fourth-order valence-electron chi connectivity index (χ4n) is 3.56. The Morgan fingerprint density at radius 3 is 2.36 bits per heavy atom. The minimum Gasteiger partial charge on any atom is -0.467 e. The molecular formula is C26H28FN3O6. The fourth-order valence-corrected chi connectivity index (χ4v) is 3.56. The van der Waals surface area contributed by atoms with Crippen molar-refractivity contribution in [3.05, 3.63) is 99.7 Å². The second-order valence-corrected chi connectivity index (χ2v) is 8.04. The van der Waals surface area contributed by atoms with E-state index in [0.717, 1.165) is 5.56 Å². The van der Waals surface area contributed by atoms with Gasteiger partial charge in [0.2, 0.25) is 5.91 Å². The van der Waals surface area contributed by atoms with Crippen LogP contribution < -0.4 is 0 Å². The molecule has 10 heteroatoms. The molecule has 0 radical (unpaired) electrons. The van der Waals surface area contributed by atoms with Crippen LogP contribution in [-0.2, 0) is 22.6 Å². The van der Waals surface area contributed by atoms with E-state index >= 15 is 0 Å². The number of amides is 2. The van der Waals surface area contributed by atoms with Crippen LogP contribution in [0.15, 0.2) is 71.3 Å². The van der Waals surface area contributed by atoms with Crippen LogP contribution in [0, 0.1) is 15.9 Å². The van der Waals surface area contributed by atoms with Crippen LogP contribution in [0.3, 0.4) is 0 Å². The Morgan fingerprint density at radius 1 is 1.03 bits per heavy atom. The molecule has 9 nitrogen and oxygen atoms in total. The van der Waals surface area contributed by atoms with Crippen LogP contribution in [-0.4, -0.2) is 52.8 Å². The Morgan fingerprint density at radius 2 is 1.75 bits per heavy atom. The summed E-state index contributed by atoms with van der Waals surface area (Å²) in [5.74, 6) is -0.566. The summed E-state index contributed by atoms with van der Waals surface area (Å²) in [6.45, 7) is 3.21. The summed E-state index contributed by atoms with van der Waals surface area (Å²) in [6, 6.07) is 14.6. The number of non-ortho nitro benzene ring substituents is 1. The third kappa shape index (κ3) is 7.74. The van der Waals surface area contributed by atoms with E-state index in [2.05, 4.69) is 0 Å². The van der Waals surface area contributed by atoms with Crippen LogP contribution in [0.4, 0.5) is 10.1 Å². The quantitative estimate of drug-likeness (QED) is 0.197. The first-order valence-electron chi connectivity index (χ1n) is 11.5. The van der Waals surface area contributed by atoms with Crippen molar-refractivity contribution >= 4 is 17.5 Å². The maximum atomic E-state index is 13.4. The van der Waals surface area contributed by atoms with Gasteiger partial charge in [0.15, 0.2) is 0 Å². The first kappa shape index (κ1) is 26.6. The molecule has 0 spiro atoms. The maximum absolute atomic E-state index is 13.4. The number of benzene rings is 2. The molecule has 0 N–H and O–H groups in total. The number of halogens is 1. The van der Waals surface area contributed by atoms with Gasteiger partial charge in [0.25, 0.3) is 11.6 Å². The fraction of sp³-hybridized carbons (Fsp3) is 0.308. The van der Waals surface area contributed by atoms with Gasteiger partial charge >= 0.3 is 0 Å². The lowest BCUT2D eigenvalue weighted by Crippen LogP contribution is -2.43. The van der Waals surface area contributed by atoms with Crippen molar-refractivity contribution in [3.63, 3.8) is 0 Å². The molecule has 0 saturated carbocycles. The molecule has 0 atom stereocenters. The monoisotopic (exact) mass is 497 g/mol. The van der Waals surface area contributed by atoms with E-state index < -0.39 is 10.8 Å². The molecule has 3 aromatic rings. The van der Waals surface area contributed by atoms with Gasteiger partial charge in [-0.05, 0) is 55.3 Å². The summed E-state index contributed by atoms with van der Waals surface area (Å²) in [5.41, 5.74) is 0.830. The Bertz CT molecular complexity index is 1130. The topological polar surface area (TPSA) is 106 Å². The first-order chi connectivity index (χ1) is 17.4. The number of rotatable bonds is 13. The molecule has 0 bridgehead atoms. The van der Waals surface area contributed by atoms with Crippen molar-refractivity contribution in [2.24, 2.45) is 0 Å². The molecule has 0 fully saturated rings. The van der Waals surface area contributed by atoms with Crippen molar-refractivity contribution in [3.8, 4) is 0 Å². The van der Waals surface area contributed by atoms with Gasteiger partial charge in [-0.1, -0.05) is 12.1 Å². The van der Waals surface area contributed by atoms with Gasteiger partial charge in [-0.2, -0.15) is 0 Å². The number of carbonyl (C=O) groups is 2. The average Bonchev–Trinajstić information content (AvgIpc) is 3.39. The van der Waals surface area contributed by atoms with Crippen LogP contribution in [0.2, 0.25) is 0 Å². The molecule has 0 saturated heterocycles. The molecule has 3 rings (SSSR count). The highest BCUT2D eigenvalue weighted by molar-refractivity contribution is 5.96. The molecule has 1 heterocycles. The van der Waals surface area contributed by atoms with Gasteiger partial charge in [0, 0.05) is 44.0 Å². The van der Waals surface area contributed by atoms with E-state index in [1.54, 1.807) is 24.3 Å². The Balaban J connectivity index is 1.79. The molecule has 0 aliphatic carbocycles. The maximum Gasteiger partial charge on any atom is 0.269 e. The van der Waals surface area contributed by atoms with Gasteiger partial charge in [0.1, 0.15) is 18.1 Å². The summed E-state index contributed by atoms with van der Waals surface area (Å²) in [7, 11) is 0. The zero-order valence-corrected chi connectivity index (χ0v) is 20.0. The van der Waals surface area contributed by atoms with Crippen LogP contribution in [0.25, 0.3) is 0 Å². The number of hydrogen-bond donors (Lipinski definition) is 0. The second-order valence-electron chi connectivity index (χ2n) is 8.04. The molecule has 0 unspecified atom stereocenters. The van der Waals surface area contributed by atoms with Crippen LogP contribution in [0.5, 0.6) is 0 Å². The van der Waals surface area contributed by atoms with Gasteiger partial charge in [-0.25, -0.2) is 4.39 Å². The predicted octanol–water partition coefficient (Wildman–Crippen LogP) is 4.42. The summed E-state index contributed by atoms with van der Waals surface area (Å²) in [6.07, 6.45) is 2.02. The third-order valence-electron chi connectivity index (χ3n) is 5.43. The lowest BCUT2D eigenvalue weighted by Gasteiger charge is -2.27. The summed E-state index contributed by atoms with van der Waals surface area (Å²) >= 11 is 0. The highest BCUT2D eigenvalue weighted by Gasteiger charge is 2.24. The van der Waals surface area contributed by atoms with E-state index in [0.29, 0.717) is 25.4 Å². The smallest absolute Gasteiger partial charge is 0.269 e. The summed E-state index contributed by atoms with van der Waals surface area (Å²) in [4.78, 5) is 40.0. The minimum atomic E-state index is -0.542.